The lowest BCUT2D eigenvalue weighted by Gasteiger charge is -2.27. The van der Waals surface area contributed by atoms with Crippen molar-refractivity contribution in [1.29, 1.82) is 0 Å². The lowest BCUT2D eigenvalue weighted by Crippen LogP contribution is -2.28. The molecule has 0 bridgehead atoms. The number of aromatic nitrogens is 1. The molecule has 1 aliphatic heterocycles. The Bertz CT molecular complexity index is 579. The van der Waals surface area contributed by atoms with E-state index in [4.69, 9.17) is 5.73 Å². The summed E-state index contributed by atoms with van der Waals surface area (Å²) in [5.74, 6) is 0. The van der Waals surface area contributed by atoms with Gasteiger partial charge in [-0.05, 0) is 31.4 Å². The maximum atomic E-state index is 5.79. The van der Waals surface area contributed by atoms with Gasteiger partial charge < -0.3 is 10.6 Å². The van der Waals surface area contributed by atoms with Gasteiger partial charge in [-0.25, -0.2) is 0 Å². The van der Waals surface area contributed by atoms with E-state index in [1.54, 1.807) is 0 Å². The molecule has 3 nitrogen and oxygen atoms in total. The van der Waals surface area contributed by atoms with E-state index in [0.717, 1.165) is 17.8 Å². The molecule has 0 spiro atoms. The Morgan fingerprint density at radius 1 is 1.37 bits per heavy atom. The quantitative estimate of drug-likeness (QED) is 0.916. The minimum absolute atomic E-state index is 0.502. The second-order valence-electron chi connectivity index (χ2n) is 5.25. The molecule has 0 radical (unpaired) electrons. The molecule has 1 aliphatic rings. The van der Waals surface area contributed by atoms with Gasteiger partial charge in [0.05, 0.1) is 11.2 Å². The van der Waals surface area contributed by atoms with Gasteiger partial charge in [-0.3, -0.25) is 4.98 Å². The Hall–Kier alpha value is -1.61. The summed E-state index contributed by atoms with van der Waals surface area (Å²) < 4.78 is 0. The van der Waals surface area contributed by atoms with Crippen LogP contribution in [0.1, 0.15) is 31.9 Å². The fraction of sp³-hybridized carbons (Fsp3) is 0.438. The van der Waals surface area contributed by atoms with Gasteiger partial charge in [0.2, 0.25) is 0 Å². The van der Waals surface area contributed by atoms with Crippen LogP contribution in [0.4, 0.5) is 5.69 Å². The van der Waals surface area contributed by atoms with E-state index < -0.39 is 0 Å². The lowest BCUT2D eigenvalue weighted by molar-refractivity contribution is 0.646. The van der Waals surface area contributed by atoms with Gasteiger partial charge in [0.1, 0.15) is 0 Å². The number of nitrogens with zero attached hydrogens (tertiary/aromatic N) is 2. The van der Waals surface area contributed by atoms with Gasteiger partial charge in [-0.15, -0.1) is 0 Å². The van der Waals surface area contributed by atoms with Crippen LogP contribution in [-0.2, 0) is 6.54 Å². The largest absolute Gasteiger partial charge is 0.368 e. The maximum absolute atomic E-state index is 5.79. The van der Waals surface area contributed by atoms with E-state index in [1.165, 1.54) is 30.3 Å². The van der Waals surface area contributed by atoms with E-state index in [2.05, 4.69) is 41.1 Å². The van der Waals surface area contributed by atoms with Crippen molar-refractivity contribution in [2.45, 2.75) is 38.8 Å². The third-order valence-electron chi connectivity index (χ3n) is 4.11. The third-order valence-corrected chi connectivity index (χ3v) is 4.11. The number of hydrogen-bond acceptors (Lipinski definition) is 3. The first-order valence-corrected chi connectivity index (χ1v) is 7.19. The average Bonchev–Trinajstić information content (AvgIpc) is 2.94. The summed E-state index contributed by atoms with van der Waals surface area (Å²) in [4.78, 5) is 7.17. The van der Waals surface area contributed by atoms with Crippen molar-refractivity contribution in [1.82, 2.24) is 4.98 Å². The first-order chi connectivity index (χ1) is 9.33. The highest BCUT2D eigenvalue weighted by Crippen LogP contribution is 2.33. The Kier molecular flexibility index (Phi) is 3.38. The van der Waals surface area contributed by atoms with Crippen LogP contribution < -0.4 is 10.6 Å². The van der Waals surface area contributed by atoms with Crippen LogP contribution in [0.5, 0.6) is 0 Å². The van der Waals surface area contributed by atoms with Crippen molar-refractivity contribution in [2.75, 3.05) is 11.4 Å². The molecule has 1 fully saturated rings. The number of hydrogen-bond donors (Lipinski definition) is 1. The number of para-hydroxylation sites is 1. The van der Waals surface area contributed by atoms with Crippen molar-refractivity contribution in [2.24, 2.45) is 5.73 Å². The molecule has 1 aromatic carbocycles. The number of nitrogens with two attached hydrogens (primary N) is 1. The summed E-state index contributed by atoms with van der Waals surface area (Å²) in [6.45, 7) is 3.93. The first kappa shape index (κ1) is 12.4. The lowest BCUT2D eigenvalue weighted by atomic mass is 10.1. The predicted octanol–water partition coefficient (Wildman–Crippen LogP) is 3.07. The Morgan fingerprint density at radius 3 is 3.00 bits per heavy atom. The molecule has 0 aliphatic carbocycles. The maximum Gasteiger partial charge on any atom is 0.0726 e. The van der Waals surface area contributed by atoms with E-state index in [1.807, 2.05) is 6.07 Å². The van der Waals surface area contributed by atoms with Gasteiger partial charge in [0, 0.05) is 30.2 Å². The van der Waals surface area contributed by atoms with Crippen LogP contribution in [-0.4, -0.2) is 17.6 Å². The van der Waals surface area contributed by atoms with Gasteiger partial charge in [0.15, 0.2) is 0 Å². The normalized spacial score (nSPS) is 19.3. The van der Waals surface area contributed by atoms with Gasteiger partial charge in [0.25, 0.3) is 0 Å². The summed E-state index contributed by atoms with van der Waals surface area (Å²) in [7, 11) is 0. The zero-order valence-electron chi connectivity index (χ0n) is 11.5. The molecule has 3 rings (SSSR count). The number of anilines is 1. The molecule has 1 saturated heterocycles. The third kappa shape index (κ3) is 2.19. The van der Waals surface area contributed by atoms with E-state index in [9.17, 15) is 0 Å². The minimum atomic E-state index is 0.502. The van der Waals surface area contributed by atoms with E-state index in [0.29, 0.717) is 12.6 Å². The van der Waals surface area contributed by atoms with Crippen molar-refractivity contribution in [3.63, 3.8) is 0 Å². The fourth-order valence-electron chi connectivity index (χ4n) is 3.13. The molecule has 2 N–H and O–H groups in total. The highest BCUT2D eigenvalue weighted by molar-refractivity contribution is 5.92. The Balaban J connectivity index is 2.15. The molecule has 1 atom stereocenters. The number of rotatable bonds is 3. The monoisotopic (exact) mass is 255 g/mol. The SMILES string of the molecule is CCC1CCCN1c1cc(CN)nc2ccccc12. The van der Waals surface area contributed by atoms with Crippen LogP contribution in [0.25, 0.3) is 10.9 Å². The minimum Gasteiger partial charge on any atom is -0.368 e. The van der Waals surface area contributed by atoms with Crippen LogP contribution in [0.3, 0.4) is 0 Å². The predicted molar refractivity (Wildman–Crippen MR) is 80.3 cm³/mol. The van der Waals surface area contributed by atoms with Crippen molar-refractivity contribution < 1.29 is 0 Å². The van der Waals surface area contributed by atoms with Crippen LogP contribution >= 0.6 is 0 Å². The van der Waals surface area contributed by atoms with Crippen molar-refractivity contribution in [3.05, 3.63) is 36.0 Å². The summed E-state index contributed by atoms with van der Waals surface area (Å²) in [5, 5.41) is 1.25. The van der Waals surface area contributed by atoms with Crippen molar-refractivity contribution in [3.8, 4) is 0 Å². The molecule has 3 heteroatoms. The first-order valence-electron chi connectivity index (χ1n) is 7.19. The molecule has 19 heavy (non-hydrogen) atoms. The summed E-state index contributed by atoms with van der Waals surface area (Å²) in [6, 6.07) is 11.2. The van der Waals surface area contributed by atoms with Gasteiger partial charge >= 0.3 is 0 Å². The zero-order valence-corrected chi connectivity index (χ0v) is 11.5. The summed E-state index contributed by atoms with van der Waals surface area (Å²) in [6.07, 6.45) is 3.78. The van der Waals surface area contributed by atoms with E-state index >= 15 is 0 Å². The standard InChI is InChI=1S/C16H21N3/c1-2-13-6-5-9-19(13)16-10-12(11-17)18-15-8-4-3-7-14(15)16/h3-4,7-8,10,13H,2,5-6,9,11,17H2,1H3. The van der Waals surface area contributed by atoms with E-state index in [-0.39, 0.29) is 0 Å². The summed E-state index contributed by atoms with van der Waals surface area (Å²) in [5.41, 5.74) is 9.15. The van der Waals surface area contributed by atoms with Crippen LogP contribution in [0.2, 0.25) is 0 Å². The second-order valence-corrected chi connectivity index (χ2v) is 5.25. The molecular formula is C16H21N3. The molecule has 2 aromatic rings. The highest BCUT2D eigenvalue weighted by Gasteiger charge is 2.24. The second kappa shape index (κ2) is 5.17. The molecule has 1 unspecified atom stereocenters. The molecule has 100 valence electrons. The van der Waals surface area contributed by atoms with Crippen LogP contribution in [0, 0.1) is 0 Å². The average molecular weight is 255 g/mol. The Labute approximate surface area is 114 Å². The van der Waals surface area contributed by atoms with Crippen LogP contribution in [0.15, 0.2) is 30.3 Å². The Morgan fingerprint density at radius 2 is 2.21 bits per heavy atom. The van der Waals surface area contributed by atoms with Gasteiger partial charge in [-0.2, -0.15) is 0 Å². The molecule has 0 saturated carbocycles. The van der Waals surface area contributed by atoms with Crippen molar-refractivity contribution >= 4 is 16.6 Å². The topological polar surface area (TPSA) is 42.1 Å². The molecule has 1 aromatic heterocycles. The highest BCUT2D eigenvalue weighted by atomic mass is 15.2. The molecule has 0 amide bonds. The molecular weight excluding hydrogens is 234 g/mol. The summed E-state index contributed by atoms with van der Waals surface area (Å²) >= 11 is 0. The smallest absolute Gasteiger partial charge is 0.0726 e. The number of benzene rings is 1. The van der Waals surface area contributed by atoms with Gasteiger partial charge in [-0.1, -0.05) is 25.1 Å². The number of fused-ring (bicyclic) bond motifs is 1. The zero-order chi connectivity index (χ0) is 13.2. The molecule has 2 heterocycles. The fourth-order valence-corrected chi connectivity index (χ4v) is 3.13. The number of pyridine rings is 1.